The third-order valence-corrected chi connectivity index (χ3v) is 2.48. The Hall–Kier alpha value is -1.15. The predicted octanol–water partition coefficient (Wildman–Crippen LogP) is 3.43. The zero-order valence-corrected chi connectivity index (χ0v) is 11.1. The van der Waals surface area contributed by atoms with Crippen molar-refractivity contribution in [3.63, 3.8) is 0 Å². The molecule has 0 unspecified atom stereocenters. The maximum absolute atomic E-state index is 10.6. The van der Waals surface area contributed by atoms with Crippen LogP contribution in [0, 0.1) is 5.92 Å². The highest BCUT2D eigenvalue weighted by Gasteiger charge is 1.95. The Morgan fingerprint density at radius 3 is 2.59 bits per heavy atom. The largest absolute Gasteiger partial charge is 0.396 e. The standard InChI is InChI=1S/C15H24O2/c1-13(2)6-4-7-14(3)8-5-9-15(12-17)10-11-16/h5-6,8-9,12,14,16H,4,7,10-11H2,1-3H3/b8-5+,15-9-/t14-/m1/s1. The number of carbonyl (C=O) groups excluding carboxylic acids is 1. The summed E-state index contributed by atoms with van der Waals surface area (Å²) in [5, 5.41) is 8.71. The van der Waals surface area contributed by atoms with Crippen molar-refractivity contribution < 1.29 is 9.90 Å². The second kappa shape index (κ2) is 10.0. The van der Waals surface area contributed by atoms with Crippen molar-refractivity contribution in [1.82, 2.24) is 0 Å². The van der Waals surface area contributed by atoms with Gasteiger partial charge in [0.15, 0.2) is 0 Å². The zero-order chi connectivity index (χ0) is 13.1. The van der Waals surface area contributed by atoms with Gasteiger partial charge in [-0.3, -0.25) is 4.79 Å². The quantitative estimate of drug-likeness (QED) is 0.303. The molecule has 0 aliphatic carbocycles. The topological polar surface area (TPSA) is 37.3 Å². The molecule has 0 saturated carbocycles. The van der Waals surface area contributed by atoms with Gasteiger partial charge in [0.05, 0.1) is 0 Å². The lowest BCUT2D eigenvalue weighted by Crippen LogP contribution is -1.90. The lowest BCUT2D eigenvalue weighted by Gasteiger charge is -2.02. The highest BCUT2D eigenvalue weighted by molar-refractivity contribution is 5.73. The lowest BCUT2D eigenvalue weighted by molar-refractivity contribution is -0.105. The molecule has 0 aliphatic rings. The molecule has 0 saturated heterocycles. The summed E-state index contributed by atoms with van der Waals surface area (Å²) >= 11 is 0. The molecular formula is C15H24O2. The Bertz CT molecular complexity index is 294. The predicted molar refractivity (Wildman–Crippen MR) is 72.8 cm³/mol. The fourth-order valence-electron chi connectivity index (χ4n) is 1.41. The molecule has 0 fully saturated rings. The normalized spacial score (nSPS) is 13.8. The van der Waals surface area contributed by atoms with E-state index in [0.29, 0.717) is 17.9 Å². The van der Waals surface area contributed by atoms with Crippen LogP contribution in [-0.4, -0.2) is 18.0 Å². The molecular weight excluding hydrogens is 212 g/mol. The Balaban J connectivity index is 4.05. The molecule has 0 aromatic carbocycles. The Morgan fingerprint density at radius 1 is 1.35 bits per heavy atom. The van der Waals surface area contributed by atoms with E-state index in [4.69, 9.17) is 5.11 Å². The molecule has 96 valence electrons. The third-order valence-electron chi connectivity index (χ3n) is 2.48. The highest BCUT2D eigenvalue weighted by Crippen LogP contribution is 2.09. The van der Waals surface area contributed by atoms with Crippen molar-refractivity contribution >= 4 is 6.29 Å². The Morgan fingerprint density at radius 2 is 2.06 bits per heavy atom. The minimum atomic E-state index is 0.0224. The molecule has 0 bridgehead atoms. The number of allylic oxidation sites excluding steroid dienone is 5. The number of carbonyl (C=O) groups is 1. The molecule has 0 spiro atoms. The van der Waals surface area contributed by atoms with Gasteiger partial charge in [-0.1, -0.05) is 36.8 Å². The van der Waals surface area contributed by atoms with Crippen LogP contribution in [0.5, 0.6) is 0 Å². The first-order chi connectivity index (χ1) is 8.10. The molecule has 0 aromatic heterocycles. The van der Waals surface area contributed by atoms with Gasteiger partial charge in [0.2, 0.25) is 0 Å². The summed E-state index contributed by atoms with van der Waals surface area (Å²) in [6.07, 6.45) is 11.5. The molecule has 1 atom stereocenters. The van der Waals surface area contributed by atoms with Gasteiger partial charge in [-0.15, -0.1) is 0 Å². The summed E-state index contributed by atoms with van der Waals surface area (Å²) in [6.45, 7) is 6.40. The molecule has 0 rings (SSSR count). The van der Waals surface area contributed by atoms with E-state index in [-0.39, 0.29) is 6.61 Å². The van der Waals surface area contributed by atoms with E-state index >= 15 is 0 Å². The van der Waals surface area contributed by atoms with Crippen molar-refractivity contribution in [3.05, 3.63) is 35.5 Å². The van der Waals surface area contributed by atoms with Crippen LogP contribution in [0.15, 0.2) is 35.5 Å². The summed E-state index contributed by atoms with van der Waals surface area (Å²) in [7, 11) is 0. The first kappa shape index (κ1) is 15.9. The minimum absolute atomic E-state index is 0.0224. The van der Waals surface area contributed by atoms with Crippen LogP contribution in [0.1, 0.15) is 40.0 Å². The van der Waals surface area contributed by atoms with E-state index in [1.54, 1.807) is 6.08 Å². The molecule has 0 heterocycles. The number of hydrogen-bond acceptors (Lipinski definition) is 2. The monoisotopic (exact) mass is 236 g/mol. The van der Waals surface area contributed by atoms with Crippen molar-refractivity contribution in [2.45, 2.75) is 40.0 Å². The summed E-state index contributed by atoms with van der Waals surface area (Å²) in [6, 6.07) is 0. The van der Waals surface area contributed by atoms with E-state index in [1.165, 1.54) is 5.57 Å². The highest BCUT2D eigenvalue weighted by atomic mass is 16.3. The maximum atomic E-state index is 10.6. The first-order valence-electron chi connectivity index (χ1n) is 6.17. The molecule has 1 N–H and O–H groups in total. The third kappa shape index (κ3) is 9.76. The smallest absolute Gasteiger partial charge is 0.146 e. The number of hydrogen-bond donors (Lipinski definition) is 1. The first-order valence-corrected chi connectivity index (χ1v) is 6.17. The summed E-state index contributed by atoms with van der Waals surface area (Å²) in [4.78, 5) is 10.6. The van der Waals surface area contributed by atoms with Crippen LogP contribution < -0.4 is 0 Å². The number of aliphatic hydroxyl groups excluding tert-OH is 1. The van der Waals surface area contributed by atoms with Crippen LogP contribution >= 0.6 is 0 Å². The van der Waals surface area contributed by atoms with Gasteiger partial charge in [-0.25, -0.2) is 0 Å². The van der Waals surface area contributed by atoms with Gasteiger partial charge in [0.25, 0.3) is 0 Å². The summed E-state index contributed by atoms with van der Waals surface area (Å²) in [5.41, 5.74) is 1.99. The molecule has 0 aromatic rings. The number of aliphatic hydroxyl groups is 1. The van der Waals surface area contributed by atoms with Gasteiger partial charge < -0.3 is 5.11 Å². The fourth-order valence-corrected chi connectivity index (χ4v) is 1.41. The van der Waals surface area contributed by atoms with Crippen molar-refractivity contribution in [2.75, 3.05) is 6.61 Å². The maximum Gasteiger partial charge on any atom is 0.146 e. The van der Waals surface area contributed by atoms with Crippen molar-refractivity contribution in [1.29, 1.82) is 0 Å². The van der Waals surface area contributed by atoms with Crippen LogP contribution in [0.4, 0.5) is 0 Å². The SMILES string of the molecule is CC(C)=CCC[C@@H](C)/C=C/C=C(\C=O)CCO. The molecule has 0 aliphatic heterocycles. The Kier molecular flexibility index (Phi) is 9.35. The van der Waals surface area contributed by atoms with Crippen LogP contribution in [0.25, 0.3) is 0 Å². The average molecular weight is 236 g/mol. The minimum Gasteiger partial charge on any atom is -0.396 e. The van der Waals surface area contributed by atoms with Crippen LogP contribution in [0.2, 0.25) is 0 Å². The summed E-state index contributed by atoms with van der Waals surface area (Å²) < 4.78 is 0. The molecule has 17 heavy (non-hydrogen) atoms. The van der Waals surface area contributed by atoms with E-state index in [2.05, 4.69) is 32.9 Å². The zero-order valence-electron chi connectivity index (χ0n) is 11.1. The van der Waals surface area contributed by atoms with Gasteiger partial charge in [-0.05, 0) is 44.6 Å². The molecule has 2 heteroatoms. The van der Waals surface area contributed by atoms with Gasteiger partial charge in [-0.2, -0.15) is 0 Å². The second-order valence-corrected chi connectivity index (χ2v) is 4.55. The molecule has 0 radical (unpaired) electrons. The van der Waals surface area contributed by atoms with Crippen molar-refractivity contribution in [2.24, 2.45) is 5.92 Å². The summed E-state index contributed by atoms with van der Waals surface area (Å²) in [5.74, 6) is 0.504. The Labute approximate surface area is 105 Å². The number of rotatable bonds is 8. The van der Waals surface area contributed by atoms with Crippen LogP contribution in [-0.2, 0) is 4.79 Å². The lowest BCUT2D eigenvalue weighted by atomic mass is 10.0. The second-order valence-electron chi connectivity index (χ2n) is 4.55. The van der Waals surface area contributed by atoms with Gasteiger partial charge >= 0.3 is 0 Å². The van der Waals surface area contributed by atoms with E-state index in [0.717, 1.165) is 19.1 Å². The van der Waals surface area contributed by atoms with E-state index in [9.17, 15) is 4.79 Å². The van der Waals surface area contributed by atoms with Gasteiger partial charge in [0, 0.05) is 6.61 Å². The van der Waals surface area contributed by atoms with Crippen LogP contribution in [0.3, 0.4) is 0 Å². The molecule has 2 nitrogen and oxygen atoms in total. The van der Waals surface area contributed by atoms with E-state index in [1.807, 2.05) is 6.08 Å². The molecule has 0 amide bonds. The van der Waals surface area contributed by atoms with Gasteiger partial charge in [0.1, 0.15) is 6.29 Å². The fraction of sp³-hybridized carbons (Fsp3) is 0.533. The van der Waals surface area contributed by atoms with E-state index < -0.39 is 0 Å². The number of aldehydes is 1. The average Bonchev–Trinajstić information content (AvgIpc) is 2.27. The van der Waals surface area contributed by atoms with Crippen molar-refractivity contribution in [3.8, 4) is 0 Å².